The molecule has 0 heterocycles. The molecule has 166 valence electrons. The number of allylic oxidation sites excluding steroid dienone is 1. The van der Waals surface area contributed by atoms with E-state index < -0.39 is 6.03 Å². The Morgan fingerprint density at radius 2 is 1.90 bits per heavy atom. The van der Waals surface area contributed by atoms with Gasteiger partial charge in [0.2, 0.25) is 0 Å². The number of nitrogens with zero attached hydrogens (tertiary/aromatic N) is 1. The number of amides is 2. The fraction of sp³-hybridized carbons (Fsp3) is 0.792. The van der Waals surface area contributed by atoms with Crippen molar-refractivity contribution in [2.24, 2.45) is 45.3 Å². The van der Waals surface area contributed by atoms with Gasteiger partial charge in [0, 0.05) is 25.0 Å². The number of primary amides is 1. The number of rotatable bonds is 3. The first-order valence-electron chi connectivity index (χ1n) is 11.6. The SMILES string of the molecule is CC(=O)O[C@H]1CC[C@@]2(C)C(=CC[C@@H]3[C@H]4CC[C@H](/C(C)=N/NC(N)=O)[C@@]4(C)CC[C@H]32)C1. The van der Waals surface area contributed by atoms with Crippen LogP contribution in [0.2, 0.25) is 0 Å². The van der Waals surface area contributed by atoms with E-state index in [0.717, 1.165) is 37.8 Å². The van der Waals surface area contributed by atoms with E-state index in [4.69, 9.17) is 10.5 Å². The van der Waals surface area contributed by atoms with Crippen LogP contribution in [0, 0.1) is 34.5 Å². The van der Waals surface area contributed by atoms with E-state index in [2.05, 4.69) is 30.5 Å². The molecule has 7 atom stereocenters. The van der Waals surface area contributed by atoms with Crippen molar-refractivity contribution in [3.63, 3.8) is 0 Å². The van der Waals surface area contributed by atoms with Crippen LogP contribution in [-0.4, -0.2) is 23.8 Å². The molecule has 30 heavy (non-hydrogen) atoms. The number of ether oxygens (including phenoxy) is 1. The summed E-state index contributed by atoms with van der Waals surface area (Å²) in [6, 6.07) is -0.597. The second-order valence-corrected chi connectivity index (χ2v) is 10.6. The number of carbonyl (C=O) groups is 2. The lowest BCUT2D eigenvalue weighted by molar-refractivity contribution is -0.148. The number of carbonyl (C=O) groups excluding carboxylic acids is 2. The zero-order valence-electron chi connectivity index (χ0n) is 18.9. The topological polar surface area (TPSA) is 93.8 Å². The van der Waals surface area contributed by atoms with Crippen molar-refractivity contribution in [3.05, 3.63) is 11.6 Å². The molecule has 0 aromatic carbocycles. The Kier molecular flexibility index (Phi) is 5.48. The maximum absolute atomic E-state index is 11.4. The highest BCUT2D eigenvalue weighted by atomic mass is 16.5. The largest absolute Gasteiger partial charge is 0.462 e. The Morgan fingerprint density at radius 3 is 2.60 bits per heavy atom. The average Bonchev–Trinajstić information content (AvgIpc) is 3.03. The van der Waals surface area contributed by atoms with E-state index in [0.29, 0.717) is 23.7 Å². The highest BCUT2D eigenvalue weighted by Gasteiger charge is 2.59. The standard InChI is InChI=1S/C24H37N3O3/c1-14(26-27-22(25)29)19-7-8-20-18-6-5-16-13-17(30-15(2)28)9-11-23(16,3)21(18)10-12-24(19,20)4/h5,17-21H,6-13H2,1-4H3,(H3,25,27,29)/b26-14+/t17-,18+,19+,20+,21+,23-,24+/m0/s1. The zero-order valence-corrected chi connectivity index (χ0v) is 18.9. The molecule has 0 saturated heterocycles. The summed E-state index contributed by atoms with van der Waals surface area (Å²) >= 11 is 0. The third-order valence-corrected chi connectivity index (χ3v) is 9.24. The molecule has 0 radical (unpaired) electrons. The van der Waals surface area contributed by atoms with Crippen LogP contribution in [0.25, 0.3) is 0 Å². The summed E-state index contributed by atoms with van der Waals surface area (Å²) in [6.07, 6.45) is 11.5. The van der Waals surface area contributed by atoms with Gasteiger partial charge in [-0.05, 0) is 80.5 Å². The predicted octanol–water partition coefficient (Wildman–Crippen LogP) is 4.54. The minimum atomic E-state index is -0.597. The van der Waals surface area contributed by atoms with Gasteiger partial charge < -0.3 is 10.5 Å². The third-order valence-electron chi connectivity index (χ3n) is 9.24. The Bertz CT molecular complexity index is 791. The van der Waals surface area contributed by atoms with Gasteiger partial charge in [0.05, 0.1) is 0 Å². The molecule has 3 N–H and O–H groups in total. The number of nitrogens with two attached hydrogens (primary N) is 1. The minimum absolute atomic E-state index is 0.0553. The van der Waals surface area contributed by atoms with Crippen LogP contribution in [0.15, 0.2) is 16.8 Å². The summed E-state index contributed by atoms with van der Waals surface area (Å²) in [6.45, 7) is 8.48. The summed E-state index contributed by atoms with van der Waals surface area (Å²) in [5.41, 5.74) is 10.7. The maximum atomic E-state index is 11.4. The van der Waals surface area contributed by atoms with Crippen molar-refractivity contribution in [1.82, 2.24) is 5.43 Å². The molecule has 4 rings (SSSR count). The van der Waals surface area contributed by atoms with Crippen LogP contribution in [0.4, 0.5) is 4.79 Å². The molecule has 0 bridgehead atoms. The first kappa shape index (κ1) is 21.4. The van der Waals surface area contributed by atoms with E-state index in [1.165, 1.54) is 31.8 Å². The first-order valence-corrected chi connectivity index (χ1v) is 11.6. The summed E-state index contributed by atoms with van der Waals surface area (Å²) in [5.74, 6) is 2.37. The quantitative estimate of drug-likeness (QED) is 0.307. The van der Waals surface area contributed by atoms with Crippen molar-refractivity contribution < 1.29 is 14.3 Å². The average molecular weight is 416 g/mol. The molecule has 6 heteroatoms. The minimum Gasteiger partial charge on any atom is -0.462 e. The molecule has 0 aliphatic heterocycles. The number of esters is 1. The zero-order chi connectivity index (χ0) is 21.7. The summed E-state index contributed by atoms with van der Waals surface area (Å²) < 4.78 is 5.56. The Hall–Kier alpha value is -1.85. The molecule has 4 aliphatic rings. The molecular weight excluding hydrogens is 378 g/mol. The van der Waals surface area contributed by atoms with E-state index in [1.807, 2.05) is 6.92 Å². The van der Waals surface area contributed by atoms with E-state index in [-0.39, 0.29) is 22.9 Å². The summed E-state index contributed by atoms with van der Waals surface area (Å²) in [4.78, 5) is 22.5. The second-order valence-electron chi connectivity index (χ2n) is 10.6. The smallest absolute Gasteiger partial charge is 0.332 e. The molecular formula is C24H37N3O3. The van der Waals surface area contributed by atoms with Crippen molar-refractivity contribution in [2.75, 3.05) is 0 Å². The van der Waals surface area contributed by atoms with Crippen molar-refractivity contribution >= 4 is 17.7 Å². The fourth-order valence-corrected chi connectivity index (χ4v) is 7.87. The van der Waals surface area contributed by atoms with Crippen molar-refractivity contribution in [1.29, 1.82) is 0 Å². The summed E-state index contributed by atoms with van der Waals surface area (Å²) in [7, 11) is 0. The molecule has 3 saturated carbocycles. The molecule has 0 aromatic rings. The van der Waals surface area contributed by atoms with Crippen LogP contribution >= 0.6 is 0 Å². The molecule has 0 aromatic heterocycles. The fourth-order valence-electron chi connectivity index (χ4n) is 7.87. The Labute approximate surface area is 180 Å². The number of urea groups is 1. The van der Waals surface area contributed by atoms with Gasteiger partial charge in [0.1, 0.15) is 6.10 Å². The molecule has 0 spiro atoms. The van der Waals surface area contributed by atoms with Gasteiger partial charge in [-0.2, -0.15) is 5.10 Å². The lowest BCUT2D eigenvalue weighted by Crippen LogP contribution is -2.51. The number of hydrogen-bond donors (Lipinski definition) is 2. The van der Waals surface area contributed by atoms with Gasteiger partial charge in [-0.25, -0.2) is 10.2 Å². The van der Waals surface area contributed by atoms with Crippen molar-refractivity contribution in [2.45, 2.75) is 85.2 Å². The third kappa shape index (κ3) is 3.46. The van der Waals surface area contributed by atoms with Crippen LogP contribution in [0.1, 0.15) is 79.1 Å². The Morgan fingerprint density at radius 1 is 1.13 bits per heavy atom. The van der Waals surface area contributed by atoms with Gasteiger partial charge in [-0.3, -0.25) is 4.79 Å². The number of hydrazone groups is 1. The van der Waals surface area contributed by atoms with E-state index in [9.17, 15) is 9.59 Å². The predicted molar refractivity (Wildman–Crippen MR) is 117 cm³/mol. The first-order chi connectivity index (χ1) is 14.1. The van der Waals surface area contributed by atoms with Gasteiger partial charge >= 0.3 is 12.0 Å². The lowest BCUT2D eigenvalue weighted by atomic mass is 9.47. The van der Waals surface area contributed by atoms with Crippen LogP contribution in [-0.2, 0) is 9.53 Å². The van der Waals surface area contributed by atoms with E-state index in [1.54, 1.807) is 0 Å². The highest BCUT2D eigenvalue weighted by Crippen LogP contribution is 2.66. The van der Waals surface area contributed by atoms with Gasteiger partial charge in [-0.15, -0.1) is 0 Å². The van der Waals surface area contributed by atoms with Gasteiger partial charge in [0.15, 0.2) is 0 Å². The van der Waals surface area contributed by atoms with Gasteiger partial charge in [0.25, 0.3) is 0 Å². The lowest BCUT2D eigenvalue weighted by Gasteiger charge is -2.58. The maximum Gasteiger partial charge on any atom is 0.332 e. The monoisotopic (exact) mass is 415 g/mol. The van der Waals surface area contributed by atoms with Crippen LogP contribution in [0.3, 0.4) is 0 Å². The number of nitrogens with one attached hydrogen (secondary N) is 1. The van der Waals surface area contributed by atoms with Crippen molar-refractivity contribution in [3.8, 4) is 0 Å². The van der Waals surface area contributed by atoms with Gasteiger partial charge in [-0.1, -0.05) is 25.5 Å². The second kappa shape index (κ2) is 7.69. The van der Waals surface area contributed by atoms with Crippen LogP contribution < -0.4 is 11.2 Å². The van der Waals surface area contributed by atoms with Crippen LogP contribution in [0.5, 0.6) is 0 Å². The normalized spacial score (nSPS) is 43.0. The highest BCUT2D eigenvalue weighted by molar-refractivity contribution is 5.86. The Balaban J connectivity index is 1.54. The van der Waals surface area contributed by atoms with E-state index >= 15 is 0 Å². The number of fused-ring (bicyclic) bond motifs is 5. The molecule has 3 fully saturated rings. The number of hydrogen-bond acceptors (Lipinski definition) is 4. The molecule has 6 nitrogen and oxygen atoms in total. The molecule has 0 unspecified atom stereocenters. The molecule has 2 amide bonds. The molecule has 4 aliphatic carbocycles. The summed E-state index contributed by atoms with van der Waals surface area (Å²) in [5, 5.41) is 4.30.